The number of Topliss-reactive ketones (excluding diaryl/α,β-unsaturated/α-hetero) is 1. The first-order valence-electron chi connectivity index (χ1n) is 8.55. The van der Waals surface area contributed by atoms with E-state index in [2.05, 4.69) is 4.98 Å². The van der Waals surface area contributed by atoms with Crippen LogP contribution in [0.4, 0.5) is 0 Å². The number of carbonyl (C=O) groups is 1. The van der Waals surface area contributed by atoms with Crippen LogP contribution in [0, 0.1) is 12.8 Å². The molecule has 142 valence electrons. The van der Waals surface area contributed by atoms with Crippen LogP contribution in [0.3, 0.4) is 0 Å². The molecule has 0 aliphatic heterocycles. The molecule has 1 aliphatic carbocycles. The normalized spacial score (nSPS) is 17.3. The number of carbonyl (C=O) groups excluding carboxylic acids is 1. The van der Waals surface area contributed by atoms with Crippen LogP contribution in [0.1, 0.15) is 28.3 Å². The van der Waals surface area contributed by atoms with E-state index < -0.39 is 10.4 Å². The van der Waals surface area contributed by atoms with Gasteiger partial charge in [0, 0.05) is 48.5 Å². The largest absolute Gasteiger partial charge is 0.446 e. The van der Waals surface area contributed by atoms with E-state index in [9.17, 15) is 13.2 Å². The van der Waals surface area contributed by atoms with Gasteiger partial charge in [0.05, 0.1) is 5.52 Å². The summed E-state index contributed by atoms with van der Waals surface area (Å²) in [4.78, 5) is 17.4. The monoisotopic (exact) mass is 389 g/mol. The van der Waals surface area contributed by atoms with E-state index in [1.54, 1.807) is 29.9 Å². The summed E-state index contributed by atoms with van der Waals surface area (Å²) in [5, 5.41) is 0.630. The summed E-state index contributed by atoms with van der Waals surface area (Å²) in [7, 11) is -2.89. The molecule has 2 heterocycles. The third-order valence-electron chi connectivity index (χ3n) is 5.18. The second-order valence-corrected chi connectivity index (χ2v) is 7.79. The van der Waals surface area contributed by atoms with Crippen molar-refractivity contribution in [2.75, 3.05) is 0 Å². The van der Waals surface area contributed by atoms with Gasteiger partial charge < -0.3 is 13.3 Å². The average Bonchev–Trinajstić information content (AvgIpc) is 3.12. The molecule has 0 saturated carbocycles. The molecule has 3 aromatic rings. The fourth-order valence-corrected chi connectivity index (χ4v) is 4.29. The second kappa shape index (κ2) is 6.21. The average molecular weight is 389 g/mol. The number of aromatic nitrogens is 3. The van der Waals surface area contributed by atoms with Crippen LogP contribution >= 0.6 is 0 Å². The summed E-state index contributed by atoms with van der Waals surface area (Å²) in [6.45, 7) is 2.46. The van der Waals surface area contributed by atoms with Gasteiger partial charge in [0.15, 0.2) is 11.5 Å². The van der Waals surface area contributed by atoms with Gasteiger partial charge in [-0.2, -0.15) is 8.42 Å². The van der Waals surface area contributed by atoms with E-state index in [1.165, 1.54) is 6.07 Å². The minimum Gasteiger partial charge on any atom is -0.360 e. The molecule has 0 fully saturated rings. The molecule has 0 radical (unpaired) electrons. The Morgan fingerprint density at radius 3 is 2.81 bits per heavy atom. The fourth-order valence-electron chi connectivity index (χ4n) is 3.93. The van der Waals surface area contributed by atoms with Gasteiger partial charge in [-0.25, -0.2) is 4.98 Å². The number of fused-ring (bicyclic) bond motifs is 3. The third-order valence-corrected chi connectivity index (χ3v) is 5.57. The molecule has 1 aliphatic rings. The highest BCUT2D eigenvalue weighted by Crippen LogP contribution is 2.38. The molecule has 1 aromatic carbocycles. The molecule has 9 heteroatoms. The molecule has 1 atom stereocenters. The van der Waals surface area contributed by atoms with E-state index >= 15 is 0 Å². The zero-order chi connectivity index (χ0) is 19.3. The summed E-state index contributed by atoms with van der Waals surface area (Å²) >= 11 is 0. The lowest BCUT2D eigenvalue weighted by molar-refractivity contribution is 0.0888. The third kappa shape index (κ3) is 3.02. The number of hydrogen-bond donors (Lipinski definition) is 1. The molecular weight excluding hydrogens is 370 g/mol. The molecule has 0 amide bonds. The maximum absolute atomic E-state index is 13.2. The number of benzene rings is 1. The maximum atomic E-state index is 13.2. The van der Waals surface area contributed by atoms with Gasteiger partial charge in [0.25, 0.3) is 0 Å². The van der Waals surface area contributed by atoms with Crippen molar-refractivity contribution in [2.24, 2.45) is 13.0 Å². The van der Waals surface area contributed by atoms with Gasteiger partial charge in [0.1, 0.15) is 5.82 Å². The van der Waals surface area contributed by atoms with E-state index in [0.717, 1.165) is 11.5 Å². The number of rotatable bonds is 4. The van der Waals surface area contributed by atoms with Gasteiger partial charge in [-0.1, -0.05) is 12.1 Å². The number of ketones is 1. The standard InChI is InChI=1S/C18H19N3O5S/c1-11-19-8-9-21(11)10-12-6-7-14-16(18(12)22)13-4-3-5-15(17(13)20(14)2)26-27(23,24)25/h3-5,8-9,12H,6-7,10H2,1-2H3,(H,23,24,25). The summed E-state index contributed by atoms with van der Waals surface area (Å²) in [5.41, 5.74) is 1.93. The van der Waals surface area contributed by atoms with Crippen LogP contribution in [0.2, 0.25) is 0 Å². The molecule has 8 nitrogen and oxygen atoms in total. The first-order chi connectivity index (χ1) is 12.8. The van der Waals surface area contributed by atoms with Gasteiger partial charge in [0.2, 0.25) is 0 Å². The van der Waals surface area contributed by atoms with Gasteiger partial charge in [-0.3, -0.25) is 9.35 Å². The Balaban J connectivity index is 1.80. The van der Waals surface area contributed by atoms with Crippen LogP contribution in [0.25, 0.3) is 10.9 Å². The Labute approximate surface area is 156 Å². The number of imidazole rings is 1. The van der Waals surface area contributed by atoms with E-state index in [4.69, 9.17) is 8.74 Å². The first kappa shape index (κ1) is 17.7. The lowest BCUT2D eigenvalue weighted by Gasteiger charge is -2.23. The molecule has 2 aromatic heterocycles. The predicted molar refractivity (Wildman–Crippen MR) is 98.2 cm³/mol. The summed E-state index contributed by atoms with van der Waals surface area (Å²) in [5.74, 6) is 0.707. The summed E-state index contributed by atoms with van der Waals surface area (Å²) in [6.07, 6.45) is 4.96. The predicted octanol–water partition coefficient (Wildman–Crippen LogP) is 2.31. The smallest absolute Gasteiger partial charge is 0.360 e. The molecule has 0 bridgehead atoms. The van der Waals surface area contributed by atoms with Crippen LogP contribution in [-0.2, 0) is 30.4 Å². The number of nitrogens with zero attached hydrogens (tertiary/aromatic N) is 3. The quantitative estimate of drug-likeness (QED) is 0.687. The van der Waals surface area contributed by atoms with Crippen LogP contribution in [0.15, 0.2) is 30.6 Å². The number of aryl methyl sites for hydroxylation is 2. The first-order valence-corrected chi connectivity index (χ1v) is 9.92. The van der Waals surface area contributed by atoms with Gasteiger partial charge in [-0.15, -0.1) is 0 Å². The fraction of sp³-hybridized carbons (Fsp3) is 0.333. The van der Waals surface area contributed by atoms with Gasteiger partial charge in [-0.05, 0) is 25.8 Å². The van der Waals surface area contributed by atoms with Crippen LogP contribution < -0.4 is 4.18 Å². The molecule has 0 spiro atoms. The Morgan fingerprint density at radius 2 is 2.15 bits per heavy atom. The van der Waals surface area contributed by atoms with Crippen molar-refractivity contribution in [1.29, 1.82) is 0 Å². The molecule has 4 rings (SSSR count). The second-order valence-electron chi connectivity index (χ2n) is 6.77. The van der Waals surface area contributed by atoms with Crippen molar-refractivity contribution in [2.45, 2.75) is 26.3 Å². The highest BCUT2D eigenvalue weighted by atomic mass is 32.3. The minimum atomic E-state index is -4.66. The van der Waals surface area contributed by atoms with E-state index in [1.807, 2.05) is 17.7 Å². The summed E-state index contributed by atoms with van der Waals surface area (Å²) in [6, 6.07) is 4.84. The van der Waals surface area contributed by atoms with Crippen molar-refractivity contribution in [1.82, 2.24) is 14.1 Å². The van der Waals surface area contributed by atoms with Crippen molar-refractivity contribution < 1.29 is 21.9 Å². The SMILES string of the molecule is Cc1nccn1CC1CCc2c(c3cccc(OS(=O)(=O)O)c3n2C)C1=O. The molecule has 1 N–H and O–H groups in total. The van der Waals surface area contributed by atoms with Crippen molar-refractivity contribution in [3.63, 3.8) is 0 Å². The Hall–Kier alpha value is -2.65. The zero-order valence-corrected chi connectivity index (χ0v) is 15.7. The van der Waals surface area contributed by atoms with Crippen LogP contribution in [-0.4, -0.2) is 32.9 Å². The zero-order valence-electron chi connectivity index (χ0n) is 14.9. The van der Waals surface area contributed by atoms with Gasteiger partial charge >= 0.3 is 10.4 Å². The maximum Gasteiger partial charge on any atom is 0.446 e. The molecule has 1 unspecified atom stereocenters. The lowest BCUT2D eigenvalue weighted by atomic mass is 9.85. The molecule has 27 heavy (non-hydrogen) atoms. The number of hydrogen-bond acceptors (Lipinski definition) is 5. The minimum absolute atomic E-state index is 0.00158. The van der Waals surface area contributed by atoms with Crippen molar-refractivity contribution in [3.8, 4) is 5.75 Å². The lowest BCUT2D eigenvalue weighted by Crippen LogP contribution is -2.27. The Bertz CT molecular complexity index is 1160. The van der Waals surface area contributed by atoms with E-state index in [0.29, 0.717) is 35.9 Å². The molecular formula is C18H19N3O5S. The number of para-hydroxylation sites is 1. The molecule has 0 saturated heterocycles. The Kier molecular flexibility index (Phi) is 4.08. The Morgan fingerprint density at radius 1 is 1.37 bits per heavy atom. The van der Waals surface area contributed by atoms with Crippen molar-refractivity contribution in [3.05, 3.63) is 47.7 Å². The summed E-state index contributed by atoms with van der Waals surface area (Å²) < 4.78 is 39.9. The highest BCUT2D eigenvalue weighted by Gasteiger charge is 2.33. The van der Waals surface area contributed by atoms with E-state index in [-0.39, 0.29) is 17.5 Å². The highest BCUT2D eigenvalue weighted by molar-refractivity contribution is 7.81. The van der Waals surface area contributed by atoms with Crippen LogP contribution in [0.5, 0.6) is 5.75 Å². The topological polar surface area (TPSA) is 103 Å². The van der Waals surface area contributed by atoms with Crippen molar-refractivity contribution >= 4 is 27.1 Å².